The molecule has 4 nitrogen and oxygen atoms in total. The van der Waals surface area contributed by atoms with Crippen molar-refractivity contribution in [3.63, 3.8) is 0 Å². The van der Waals surface area contributed by atoms with Crippen LogP contribution in [0, 0.1) is 0 Å². The first-order valence-corrected chi connectivity index (χ1v) is 7.27. The largest absolute Gasteiger partial charge is 0.371 e. The molecule has 1 aromatic carbocycles. The molecule has 108 valence electrons. The molecule has 0 radical (unpaired) electrons. The van der Waals surface area contributed by atoms with Crippen LogP contribution in [0.3, 0.4) is 0 Å². The van der Waals surface area contributed by atoms with E-state index in [0.717, 1.165) is 18.8 Å². The van der Waals surface area contributed by atoms with Crippen LogP contribution in [0.25, 0.3) is 0 Å². The summed E-state index contributed by atoms with van der Waals surface area (Å²) in [7, 11) is 2.11. The number of rotatable bonds is 3. The minimum absolute atomic E-state index is 0.0836. The maximum atomic E-state index is 11.7. The van der Waals surface area contributed by atoms with Gasteiger partial charge < -0.3 is 9.80 Å². The number of ketones is 1. The van der Waals surface area contributed by atoms with Gasteiger partial charge >= 0.3 is 0 Å². The summed E-state index contributed by atoms with van der Waals surface area (Å²) in [6, 6.07) is 12.2. The molecule has 0 aliphatic carbocycles. The molecule has 0 unspecified atom stereocenters. The molecule has 3 rings (SSSR count). The van der Waals surface area contributed by atoms with Crippen LogP contribution in [0.4, 0.5) is 17.1 Å². The molecule has 0 bridgehead atoms. The summed E-state index contributed by atoms with van der Waals surface area (Å²) < 4.78 is 0. The number of fused-ring (bicyclic) bond motifs is 1. The van der Waals surface area contributed by atoms with Crippen LogP contribution in [0.2, 0.25) is 0 Å². The van der Waals surface area contributed by atoms with Crippen molar-refractivity contribution in [1.29, 1.82) is 0 Å². The first-order chi connectivity index (χ1) is 10.2. The third kappa shape index (κ3) is 2.49. The van der Waals surface area contributed by atoms with Crippen LogP contribution in [0.15, 0.2) is 42.6 Å². The van der Waals surface area contributed by atoms with E-state index in [0.29, 0.717) is 12.1 Å². The van der Waals surface area contributed by atoms with Gasteiger partial charge in [0.2, 0.25) is 0 Å². The Morgan fingerprint density at radius 3 is 2.57 bits per heavy atom. The fourth-order valence-corrected chi connectivity index (χ4v) is 2.67. The summed E-state index contributed by atoms with van der Waals surface area (Å²) in [5.74, 6) is 0.0836. The molecular weight excluding hydrogens is 262 g/mol. The van der Waals surface area contributed by atoms with Gasteiger partial charge in [-0.25, -0.2) is 0 Å². The van der Waals surface area contributed by atoms with E-state index in [-0.39, 0.29) is 5.78 Å². The minimum Gasteiger partial charge on any atom is -0.371 e. The topological polar surface area (TPSA) is 36.4 Å². The van der Waals surface area contributed by atoms with Gasteiger partial charge in [0.15, 0.2) is 5.78 Å². The van der Waals surface area contributed by atoms with Crippen LogP contribution in [-0.4, -0.2) is 30.9 Å². The van der Waals surface area contributed by atoms with Gasteiger partial charge in [0.05, 0.1) is 23.3 Å². The molecule has 2 aromatic rings. The fraction of sp³-hybridized carbons (Fsp3) is 0.294. The van der Waals surface area contributed by atoms with E-state index in [4.69, 9.17) is 0 Å². The maximum Gasteiger partial charge on any atom is 0.180 e. The highest BCUT2D eigenvalue weighted by Crippen LogP contribution is 2.36. The van der Waals surface area contributed by atoms with E-state index in [1.54, 1.807) is 6.20 Å². The molecule has 0 saturated heterocycles. The zero-order chi connectivity index (χ0) is 14.8. The molecule has 0 amide bonds. The molecule has 0 atom stereocenters. The smallest absolute Gasteiger partial charge is 0.180 e. The Balaban J connectivity index is 1.94. The summed E-state index contributed by atoms with van der Waals surface area (Å²) in [5.41, 5.74) is 3.98. The lowest BCUT2D eigenvalue weighted by Crippen LogP contribution is -2.36. The molecule has 2 heterocycles. The van der Waals surface area contributed by atoms with Gasteiger partial charge in [-0.05, 0) is 24.3 Å². The van der Waals surface area contributed by atoms with Crippen molar-refractivity contribution >= 4 is 22.8 Å². The van der Waals surface area contributed by atoms with Gasteiger partial charge in [-0.3, -0.25) is 9.78 Å². The number of anilines is 3. The number of aromatic nitrogens is 1. The van der Waals surface area contributed by atoms with Crippen LogP contribution in [-0.2, 0) is 0 Å². The molecular formula is C17H19N3O. The number of para-hydroxylation sites is 2. The van der Waals surface area contributed by atoms with Crippen molar-refractivity contribution in [1.82, 2.24) is 4.98 Å². The lowest BCUT2D eigenvalue weighted by atomic mass is 10.1. The molecule has 1 aliphatic heterocycles. The lowest BCUT2D eigenvalue weighted by molar-refractivity contribution is 0.0983. The van der Waals surface area contributed by atoms with Crippen LogP contribution >= 0.6 is 0 Å². The molecule has 0 N–H and O–H groups in total. The molecule has 0 spiro atoms. The molecule has 1 aliphatic rings. The molecule has 1 aromatic heterocycles. The van der Waals surface area contributed by atoms with E-state index in [1.807, 2.05) is 25.1 Å². The monoisotopic (exact) mass is 281 g/mol. The predicted molar refractivity (Wildman–Crippen MR) is 85.6 cm³/mol. The van der Waals surface area contributed by atoms with Gasteiger partial charge in [0.25, 0.3) is 0 Å². The highest BCUT2D eigenvalue weighted by Gasteiger charge is 2.21. The van der Waals surface area contributed by atoms with Crippen LogP contribution in [0.1, 0.15) is 23.8 Å². The maximum absolute atomic E-state index is 11.7. The van der Waals surface area contributed by atoms with E-state index in [2.05, 4.69) is 40.0 Å². The van der Waals surface area contributed by atoms with Crippen LogP contribution < -0.4 is 9.80 Å². The SMILES string of the molecule is CCC(=O)c1ccc(N2CCN(C)c3ccccc32)cn1. The zero-order valence-electron chi connectivity index (χ0n) is 12.4. The number of carbonyl (C=O) groups excluding carboxylic acids is 1. The Labute approximate surface area is 125 Å². The number of Topliss-reactive ketones (excluding diaryl/α,β-unsaturated/α-hetero) is 1. The molecule has 0 saturated carbocycles. The number of likely N-dealkylation sites (N-methyl/N-ethyl adjacent to an activating group) is 1. The summed E-state index contributed by atoms with van der Waals surface area (Å²) >= 11 is 0. The first kappa shape index (κ1) is 13.6. The van der Waals surface area contributed by atoms with Crippen molar-refractivity contribution < 1.29 is 4.79 Å². The van der Waals surface area contributed by atoms with Crippen molar-refractivity contribution in [3.8, 4) is 0 Å². The predicted octanol–water partition coefficient (Wildman–Crippen LogP) is 3.26. The highest BCUT2D eigenvalue weighted by molar-refractivity contribution is 5.94. The summed E-state index contributed by atoms with van der Waals surface area (Å²) in [6.07, 6.45) is 2.29. The Hall–Kier alpha value is -2.36. The minimum atomic E-state index is 0.0836. The van der Waals surface area contributed by atoms with Gasteiger partial charge in [0, 0.05) is 26.6 Å². The molecule has 4 heteroatoms. The number of hydrogen-bond donors (Lipinski definition) is 0. The third-order valence-electron chi connectivity index (χ3n) is 3.91. The van der Waals surface area contributed by atoms with Gasteiger partial charge in [-0.2, -0.15) is 0 Å². The van der Waals surface area contributed by atoms with E-state index < -0.39 is 0 Å². The summed E-state index contributed by atoms with van der Waals surface area (Å²) in [5, 5.41) is 0. The van der Waals surface area contributed by atoms with Gasteiger partial charge in [-0.1, -0.05) is 19.1 Å². The molecule has 0 fully saturated rings. The second-order valence-electron chi connectivity index (χ2n) is 5.24. The average Bonchev–Trinajstić information content (AvgIpc) is 2.55. The normalized spacial score (nSPS) is 14.0. The van der Waals surface area contributed by atoms with E-state index in [9.17, 15) is 4.79 Å². The van der Waals surface area contributed by atoms with Crippen molar-refractivity contribution in [2.45, 2.75) is 13.3 Å². The average molecular weight is 281 g/mol. The number of nitrogens with zero attached hydrogens (tertiary/aromatic N) is 3. The van der Waals surface area contributed by atoms with Gasteiger partial charge in [0.1, 0.15) is 5.69 Å². The lowest BCUT2D eigenvalue weighted by Gasteiger charge is -2.36. The molecule has 21 heavy (non-hydrogen) atoms. The number of hydrogen-bond acceptors (Lipinski definition) is 4. The third-order valence-corrected chi connectivity index (χ3v) is 3.91. The van der Waals surface area contributed by atoms with E-state index >= 15 is 0 Å². The fourth-order valence-electron chi connectivity index (χ4n) is 2.67. The van der Waals surface area contributed by atoms with E-state index in [1.165, 1.54) is 11.4 Å². The Kier molecular flexibility index (Phi) is 3.60. The standard InChI is InChI=1S/C17H19N3O/c1-3-17(21)14-9-8-13(12-18-14)20-11-10-19(2)15-6-4-5-7-16(15)20/h4-9,12H,3,10-11H2,1-2H3. The second-order valence-corrected chi connectivity index (χ2v) is 5.24. The number of carbonyl (C=O) groups is 1. The number of pyridine rings is 1. The first-order valence-electron chi connectivity index (χ1n) is 7.27. The quantitative estimate of drug-likeness (QED) is 0.809. The Morgan fingerprint density at radius 1 is 1.14 bits per heavy atom. The van der Waals surface area contributed by atoms with Gasteiger partial charge in [-0.15, -0.1) is 0 Å². The van der Waals surface area contributed by atoms with Crippen molar-refractivity contribution in [2.75, 3.05) is 29.9 Å². The summed E-state index contributed by atoms with van der Waals surface area (Å²) in [6.45, 7) is 3.73. The summed E-state index contributed by atoms with van der Waals surface area (Å²) in [4.78, 5) is 20.5. The Bertz CT molecular complexity index is 651. The zero-order valence-corrected chi connectivity index (χ0v) is 12.4. The second kappa shape index (κ2) is 5.56. The van der Waals surface area contributed by atoms with Crippen molar-refractivity contribution in [3.05, 3.63) is 48.3 Å². The highest BCUT2D eigenvalue weighted by atomic mass is 16.1. The Morgan fingerprint density at radius 2 is 1.90 bits per heavy atom. The van der Waals surface area contributed by atoms with Crippen molar-refractivity contribution in [2.24, 2.45) is 0 Å². The number of benzene rings is 1. The van der Waals surface area contributed by atoms with Crippen LogP contribution in [0.5, 0.6) is 0 Å².